The molecule has 0 radical (unpaired) electrons. The Hall–Kier alpha value is -1.11. The molecule has 0 saturated carbocycles. The molecule has 6 nitrogen and oxygen atoms in total. The number of aryl methyl sites for hydroxylation is 1. The van der Waals surface area contributed by atoms with E-state index >= 15 is 0 Å². The molecule has 6 heteroatoms. The van der Waals surface area contributed by atoms with Gasteiger partial charge in [-0.15, -0.1) is 0 Å². The lowest BCUT2D eigenvalue weighted by Crippen LogP contribution is -2.53. The maximum absolute atomic E-state index is 5.93. The van der Waals surface area contributed by atoms with Gasteiger partial charge in [-0.3, -0.25) is 15.4 Å². The van der Waals surface area contributed by atoms with Crippen molar-refractivity contribution in [3.8, 4) is 5.75 Å². The summed E-state index contributed by atoms with van der Waals surface area (Å²) in [6, 6.07) is -0.0281. The smallest absolute Gasteiger partial charge is 0.161 e. The third-order valence-corrected chi connectivity index (χ3v) is 4.57. The van der Waals surface area contributed by atoms with Crippen LogP contribution in [0.15, 0.2) is 6.20 Å². The summed E-state index contributed by atoms with van der Waals surface area (Å²) in [5, 5.41) is 4.46. The van der Waals surface area contributed by atoms with E-state index < -0.39 is 0 Å². The fraction of sp³-hybridized carbons (Fsp3) is 0.800. The van der Waals surface area contributed by atoms with E-state index in [9.17, 15) is 0 Å². The molecule has 3 N–H and O–H groups in total. The monoisotopic (exact) mass is 295 g/mol. The van der Waals surface area contributed by atoms with Crippen molar-refractivity contribution >= 4 is 0 Å². The van der Waals surface area contributed by atoms with Gasteiger partial charge in [0.05, 0.1) is 19.3 Å². The van der Waals surface area contributed by atoms with E-state index in [1.54, 1.807) is 13.3 Å². The van der Waals surface area contributed by atoms with E-state index in [1.165, 1.54) is 12.8 Å². The highest BCUT2D eigenvalue weighted by atomic mass is 16.5. The average molecular weight is 295 g/mol. The van der Waals surface area contributed by atoms with Crippen molar-refractivity contribution in [2.45, 2.75) is 58.2 Å². The molecule has 0 amide bonds. The molecular formula is C15H29N5O. The Kier molecular flexibility index (Phi) is 5.24. The van der Waals surface area contributed by atoms with Gasteiger partial charge in [0.15, 0.2) is 5.75 Å². The van der Waals surface area contributed by atoms with Crippen LogP contribution in [0.3, 0.4) is 0 Å². The molecule has 0 bridgehead atoms. The molecule has 1 aliphatic heterocycles. The lowest BCUT2D eigenvalue weighted by Gasteiger charge is -2.42. The van der Waals surface area contributed by atoms with Crippen LogP contribution < -0.4 is 16.0 Å². The summed E-state index contributed by atoms with van der Waals surface area (Å²) >= 11 is 0. The normalized spacial score (nSPS) is 18.1. The fourth-order valence-corrected chi connectivity index (χ4v) is 3.31. The van der Waals surface area contributed by atoms with Gasteiger partial charge in [-0.05, 0) is 46.2 Å². The minimum absolute atomic E-state index is 0.0281. The van der Waals surface area contributed by atoms with Crippen molar-refractivity contribution < 1.29 is 4.74 Å². The minimum Gasteiger partial charge on any atom is -0.493 e. The highest BCUT2D eigenvalue weighted by Crippen LogP contribution is 2.37. The van der Waals surface area contributed by atoms with E-state index in [0.717, 1.165) is 37.5 Å². The van der Waals surface area contributed by atoms with Crippen molar-refractivity contribution in [1.82, 2.24) is 20.1 Å². The largest absolute Gasteiger partial charge is 0.493 e. The topological polar surface area (TPSA) is 68.3 Å². The van der Waals surface area contributed by atoms with Crippen LogP contribution in [0.1, 0.15) is 51.8 Å². The molecule has 1 aliphatic rings. The second-order valence-electron chi connectivity index (χ2n) is 6.27. The maximum atomic E-state index is 5.93. The van der Waals surface area contributed by atoms with Crippen LogP contribution in [0.25, 0.3) is 0 Å². The molecule has 1 aromatic heterocycles. The van der Waals surface area contributed by atoms with Crippen molar-refractivity contribution in [1.29, 1.82) is 0 Å². The van der Waals surface area contributed by atoms with Crippen LogP contribution in [0, 0.1) is 0 Å². The molecule has 1 atom stereocenters. The minimum atomic E-state index is -0.0932. The second-order valence-corrected chi connectivity index (χ2v) is 6.27. The number of likely N-dealkylation sites (tertiary alicyclic amines) is 1. The van der Waals surface area contributed by atoms with Crippen molar-refractivity contribution in [3.63, 3.8) is 0 Å². The molecule has 1 aromatic rings. The standard InChI is InChI=1S/C15H29N5O/c1-5-8-20-13(12(21-4)11-17-20)14(18-16)15(2,3)19-9-6-7-10-19/h11,14,18H,5-10,16H2,1-4H3. The SMILES string of the molecule is CCCn1ncc(OC)c1C(NN)C(C)(C)N1CCCC1. The van der Waals surface area contributed by atoms with E-state index in [4.69, 9.17) is 10.6 Å². The number of rotatable bonds is 7. The zero-order valence-electron chi connectivity index (χ0n) is 13.7. The first-order valence-corrected chi connectivity index (χ1v) is 7.87. The lowest BCUT2D eigenvalue weighted by atomic mass is 9.90. The van der Waals surface area contributed by atoms with Gasteiger partial charge in [-0.25, -0.2) is 5.43 Å². The Morgan fingerprint density at radius 1 is 1.43 bits per heavy atom. The summed E-state index contributed by atoms with van der Waals surface area (Å²) in [6.07, 6.45) is 5.33. The van der Waals surface area contributed by atoms with E-state index in [0.29, 0.717) is 0 Å². The first kappa shape index (κ1) is 16.3. The van der Waals surface area contributed by atoms with Crippen LogP contribution in [0.5, 0.6) is 5.75 Å². The number of nitrogens with one attached hydrogen (secondary N) is 1. The Labute approximate surface area is 127 Å². The Morgan fingerprint density at radius 2 is 2.10 bits per heavy atom. The van der Waals surface area contributed by atoms with Crippen molar-refractivity contribution in [2.75, 3.05) is 20.2 Å². The highest BCUT2D eigenvalue weighted by molar-refractivity contribution is 5.31. The van der Waals surface area contributed by atoms with Crippen LogP contribution in [-0.4, -0.2) is 40.4 Å². The van der Waals surface area contributed by atoms with Crippen LogP contribution in [-0.2, 0) is 6.54 Å². The molecule has 1 saturated heterocycles. The number of aromatic nitrogens is 2. The van der Waals surface area contributed by atoms with Crippen LogP contribution in [0.2, 0.25) is 0 Å². The van der Waals surface area contributed by atoms with Gasteiger partial charge in [0.1, 0.15) is 5.69 Å². The molecule has 0 aromatic carbocycles. The molecule has 1 fully saturated rings. The maximum Gasteiger partial charge on any atom is 0.161 e. The first-order valence-electron chi connectivity index (χ1n) is 7.87. The van der Waals surface area contributed by atoms with Crippen molar-refractivity contribution in [2.24, 2.45) is 5.84 Å². The summed E-state index contributed by atoms with van der Waals surface area (Å²) in [5.41, 5.74) is 3.96. The first-order chi connectivity index (χ1) is 10.1. The van der Waals surface area contributed by atoms with Gasteiger partial charge in [0.2, 0.25) is 0 Å². The number of nitrogens with two attached hydrogens (primary N) is 1. The fourth-order valence-electron chi connectivity index (χ4n) is 3.31. The second kappa shape index (κ2) is 6.77. The van der Waals surface area contributed by atoms with Crippen LogP contribution >= 0.6 is 0 Å². The zero-order chi connectivity index (χ0) is 15.5. The molecule has 1 unspecified atom stereocenters. The van der Waals surface area contributed by atoms with E-state index in [1.807, 2.05) is 4.68 Å². The summed E-state index contributed by atoms with van der Waals surface area (Å²) in [7, 11) is 1.69. The summed E-state index contributed by atoms with van der Waals surface area (Å²) < 4.78 is 7.53. The predicted octanol–water partition coefficient (Wildman–Crippen LogP) is 1.68. The highest BCUT2D eigenvalue weighted by Gasteiger charge is 2.40. The zero-order valence-corrected chi connectivity index (χ0v) is 13.7. The molecule has 0 aliphatic carbocycles. The molecule has 120 valence electrons. The number of hydrogen-bond acceptors (Lipinski definition) is 5. The third-order valence-electron chi connectivity index (χ3n) is 4.57. The quantitative estimate of drug-likeness (QED) is 0.592. The summed E-state index contributed by atoms with van der Waals surface area (Å²) in [5.74, 6) is 6.74. The Balaban J connectivity index is 2.37. The van der Waals surface area contributed by atoms with Crippen molar-refractivity contribution in [3.05, 3.63) is 11.9 Å². The molecule has 2 heterocycles. The number of hydrazine groups is 1. The van der Waals surface area contributed by atoms with Gasteiger partial charge >= 0.3 is 0 Å². The third kappa shape index (κ3) is 3.07. The predicted molar refractivity (Wildman–Crippen MR) is 84.0 cm³/mol. The van der Waals surface area contributed by atoms with Gasteiger partial charge in [0.25, 0.3) is 0 Å². The average Bonchev–Trinajstić information content (AvgIpc) is 3.10. The van der Waals surface area contributed by atoms with Gasteiger partial charge < -0.3 is 4.74 Å². The Morgan fingerprint density at radius 3 is 2.62 bits per heavy atom. The van der Waals surface area contributed by atoms with Gasteiger partial charge in [-0.1, -0.05) is 6.92 Å². The van der Waals surface area contributed by atoms with E-state index in [-0.39, 0.29) is 11.6 Å². The summed E-state index contributed by atoms with van der Waals surface area (Å²) in [6.45, 7) is 9.74. The number of ether oxygens (including phenoxy) is 1. The van der Waals surface area contributed by atoms with Gasteiger partial charge in [0, 0.05) is 12.1 Å². The molecular weight excluding hydrogens is 266 g/mol. The van der Waals surface area contributed by atoms with E-state index in [2.05, 4.69) is 36.2 Å². The molecule has 21 heavy (non-hydrogen) atoms. The van der Waals surface area contributed by atoms with Gasteiger partial charge in [-0.2, -0.15) is 5.10 Å². The summed E-state index contributed by atoms with van der Waals surface area (Å²) in [4.78, 5) is 2.50. The lowest BCUT2D eigenvalue weighted by molar-refractivity contribution is 0.101. The Bertz CT molecular complexity index is 451. The number of methoxy groups -OCH3 is 1. The number of hydrogen-bond donors (Lipinski definition) is 2. The number of nitrogens with zero attached hydrogens (tertiary/aromatic N) is 3. The molecule has 0 spiro atoms. The van der Waals surface area contributed by atoms with Crippen LogP contribution in [0.4, 0.5) is 0 Å². The molecule has 2 rings (SSSR count).